The van der Waals surface area contributed by atoms with Crippen molar-refractivity contribution in [3.8, 4) is 17.6 Å². The van der Waals surface area contributed by atoms with Crippen molar-refractivity contribution in [1.82, 2.24) is 0 Å². The third kappa shape index (κ3) is 2.94. The lowest BCUT2D eigenvalue weighted by Gasteiger charge is -2.09. The molecule has 0 N–H and O–H groups in total. The average Bonchev–Trinajstić information content (AvgIpc) is 2.40. The first-order valence-corrected chi connectivity index (χ1v) is 6.62. The van der Waals surface area contributed by atoms with Gasteiger partial charge in [-0.1, -0.05) is 0 Å². The lowest BCUT2D eigenvalue weighted by atomic mass is 10.2. The highest BCUT2D eigenvalue weighted by Gasteiger charge is 2.13. The molecule has 0 aromatic heterocycles. The van der Waals surface area contributed by atoms with Gasteiger partial charge >= 0.3 is 0 Å². The summed E-state index contributed by atoms with van der Waals surface area (Å²) in [6.45, 7) is 0. The van der Waals surface area contributed by atoms with Gasteiger partial charge in [0.1, 0.15) is 17.6 Å². The van der Waals surface area contributed by atoms with Crippen LogP contribution >= 0.6 is 31.9 Å². The summed E-state index contributed by atoms with van der Waals surface area (Å²) in [5.74, 6) is -0.888. The van der Waals surface area contributed by atoms with Crippen LogP contribution in [0.2, 0.25) is 0 Å². The third-order valence-electron chi connectivity index (χ3n) is 2.29. The van der Waals surface area contributed by atoms with Gasteiger partial charge < -0.3 is 4.74 Å². The van der Waals surface area contributed by atoms with Crippen molar-refractivity contribution < 1.29 is 13.5 Å². The van der Waals surface area contributed by atoms with Crippen LogP contribution < -0.4 is 4.74 Å². The molecule has 2 aromatic rings. The molecular weight excluding hydrogens is 384 g/mol. The van der Waals surface area contributed by atoms with Crippen LogP contribution in [0.1, 0.15) is 5.56 Å². The van der Waals surface area contributed by atoms with Crippen molar-refractivity contribution in [1.29, 1.82) is 5.26 Å². The predicted molar refractivity (Wildman–Crippen MR) is 73.0 cm³/mol. The van der Waals surface area contributed by atoms with Gasteiger partial charge in [0.15, 0.2) is 11.6 Å². The summed E-state index contributed by atoms with van der Waals surface area (Å²) in [5.41, 5.74) is 0.171. The molecule has 0 radical (unpaired) electrons. The van der Waals surface area contributed by atoms with E-state index in [9.17, 15) is 8.78 Å². The van der Waals surface area contributed by atoms with Crippen LogP contribution in [0.3, 0.4) is 0 Å². The molecule has 0 fully saturated rings. The molecule has 0 spiro atoms. The van der Waals surface area contributed by atoms with Crippen LogP contribution in [0.5, 0.6) is 11.5 Å². The first-order chi connectivity index (χ1) is 9.02. The normalized spacial score (nSPS) is 10.1. The number of hydrogen-bond donors (Lipinski definition) is 0. The van der Waals surface area contributed by atoms with E-state index in [2.05, 4.69) is 31.9 Å². The molecule has 96 valence electrons. The summed E-state index contributed by atoms with van der Waals surface area (Å²) in [7, 11) is 0. The number of halogens is 4. The minimum atomic E-state index is -0.681. The Morgan fingerprint density at radius 3 is 2.47 bits per heavy atom. The van der Waals surface area contributed by atoms with Crippen LogP contribution in [0.15, 0.2) is 39.3 Å². The molecule has 0 aliphatic rings. The topological polar surface area (TPSA) is 33.0 Å². The lowest BCUT2D eigenvalue weighted by Crippen LogP contribution is -1.92. The predicted octanol–water partition coefficient (Wildman–Crippen LogP) is 5.15. The maximum absolute atomic E-state index is 13.9. The Kier molecular flexibility index (Phi) is 4.17. The maximum Gasteiger partial charge on any atom is 0.181 e. The van der Waals surface area contributed by atoms with Crippen molar-refractivity contribution >= 4 is 31.9 Å². The second kappa shape index (κ2) is 5.68. The molecule has 0 bridgehead atoms. The number of nitrogens with zero attached hydrogens (tertiary/aromatic N) is 1. The molecule has 0 unspecified atom stereocenters. The standard InChI is InChI=1S/C13H5Br2F2NO/c14-9-5-8(2-3-10(9)16)19-11-4-1-7(6-18)12(15)13(11)17/h1-5H. The van der Waals surface area contributed by atoms with Gasteiger partial charge in [-0.2, -0.15) is 5.26 Å². The number of nitriles is 1. The van der Waals surface area contributed by atoms with Crippen LogP contribution in [-0.2, 0) is 0 Å². The van der Waals surface area contributed by atoms with Gasteiger partial charge in [0.2, 0.25) is 0 Å². The SMILES string of the molecule is N#Cc1ccc(Oc2ccc(F)c(Br)c2)c(F)c1Br. The Labute approximate surface area is 124 Å². The number of ether oxygens (including phenoxy) is 1. The smallest absolute Gasteiger partial charge is 0.181 e. The molecule has 2 rings (SSSR count). The Morgan fingerprint density at radius 1 is 1.11 bits per heavy atom. The van der Waals surface area contributed by atoms with Crippen LogP contribution in [0.4, 0.5) is 8.78 Å². The van der Waals surface area contributed by atoms with E-state index in [4.69, 9.17) is 10.00 Å². The lowest BCUT2D eigenvalue weighted by molar-refractivity contribution is 0.438. The highest BCUT2D eigenvalue weighted by atomic mass is 79.9. The average molecular weight is 389 g/mol. The minimum Gasteiger partial charge on any atom is -0.454 e. The van der Waals surface area contributed by atoms with E-state index in [1.807, 2.05) is 6.07 Å². The second-order valence-electron chi connectivity index (χ2n) is 3.53. The molecule has 0 aliphatic carbocycles. The summed E-state index contributed by atoms with van der Waals surface area (Å²) < 4.78 is 32.5. The minimum absolute atomic E-state index is 0.0358. The molecule has 0 saturated carbocycles. The molecule has 0 aliphatic heterocycles. The van der Waals surface area contributed by atoms with Crippen LogP contribution in [0.25, 0.3) is 0 Å². The highest BCUT2D eigenvalue weighted by Crippen LogP contribution is 2.32. The molecule has 6 heteroatoms. The zero-order valence-electron chi connectivity index (χ0n) is 9.25. The van der Waals surface area contributed by atoms with E-state index in [1.54, 1.807) is 0 Å². The number of hydrogen-bond acceptors (Lipinski definition) is 2. The molecule has 0 atom stereocenters. The first kappa shape index (κ1) is 14.0. The fourth-order valence-electron chi connectivity index (χ4n) is 1.36. The second-order valence-corrected chi connectivity index (χ2v) is 5.18. The van der Waals surface area contributed by atoms with E-state index in [0.29, 0.717) is 0 Å². The van der Waals surface area contributed by atoms with E-state index in [1.165, 1.54) is 30.3 Å². The third-order valence-corrected chi connectivity index (χ3v) is 3.67. The van der Waals surface area contributed by atoms with Crippen LogP contribution in [0, 0.1) is 23.0 Å². The van der Waals surface area contributed by atoms with Gasteiger partial charge in [0, 0.05) is 0 Å². The first-order valence-electron chi connectivity index (χ1n) is 5.04. The van der Waals surface area contributed by atoms with E-state index in [0.717, 1.165) is 0 Å². The Hall–Kier alpha value is -1.45. The van der Waals surface area contributed by atoms with E-state index in [-0.39, 0.29) is 26.0 Å². The molecule has 19 heavy (non-hydrogen) atoms. The Bertz CT molecular complexity index is 683. The fourth-order valence-corrected chi connectivity index (χ4v) is 2.14. The molecule has 0 amide bonds. The molecule has 0 heterocycles. The Morgan fingerprint density at radius 2 is 1.84 bits per heavy atom. The fraction of sp³-hybridized carbons (Fsp3) is 0. The highest BCUT2D eigenvalue weighted by molar-refractivity contribution is 9.10. The molecule has 0 saturated heterocycles. The van der Waals surface area contributed by atoms with E-state index < -0.39 is 11.6 Å². The van der Waals surface area contributed by atoms with Gasteiger partial charge in [-0.05, 0) is 62.2 Å². The summed E-state index contributed by atoms with van der Waals surface area (Å²) in [6.07, 6.45) is 0. The quantitative estimate of drug-likeness (QED) is 0.712. The van der Waals surface area contributed by atoms with Gasteiger partial charge in [-0.15, -0.1) is 0 Å². The van der Waals surface area contributed by atoms with Gasteiger partial charge in [-0.3, -0.25) is 0 Å². The monoisotopic (exact) mass is 387 g/mol. The Balaban J connectivity index is 2.36. The van der Waals surface area contributed by atoms with Crippen molar-refractivity contribution in [2.24, 2.45) is 0 Å². The number of rotatable bonds is 2. The summed E-state index contributed by atoms with van der Waals surface area (Å²) in [4.78, 5) is 0. The maximum atomic E-state index is 13.9. The van der Waals surface area contributed by atoms with Crippen molar-refractivity contribution in [3.05, 3.63) is 56.5 Å². The summed E-state index contributed by atoms with van der Waals surface area (Å²) in [5, 5.41) is 8.76. The molecular formula is C13H5Br2F2NO. The number of benzene rings is 2. The van der Waals surface area contributed by atoms with Gasteiger partial charge in [0.05, 0.1) is 14.5 Å². The van der Waals surface area contributed by atoms with Crippen LogP contribution in [-0.4, -0.2) is 0 Å². The zero-order valence-corrected chi connectivity index (χ0v) is 12.4. The molecule has 2 nitrogen and oxygen atoms in total. The summed E-state index contributed by atoms with van der Waals surface area (Å²) >= 11 is 6.00. The van der Waals surface area contributed by atoms with Gasteiger partial charge in [0.25, 0.3) is 0 Å². The van der Waals surface area contributed by atoms with Gasteiger partial charge in [-0.25, -0.2) is 8.78 Å². The van der Waals surface area contributed by atoms with Crippen molar-refractivity contribution in [2.45, 2.75) is 0 Å². The molecule has 2 aromatic carbocycles. The van der Waals surface area contributed by atoms with Crippen molar-refractivity contribution in [2.75, 3.05) is 0 Å². The largest absolute Gasteiger partial charge is 0.454 e. The van der Waals surface area contributed by atoms with E-state index >= 15 is 0 Å². The van der Waals surface area contributed by atoms with Crippen molar-refractivity contribution in [3.63, 3.8) is 0 Å². The zero-order chi connectivity index (χ0) is 14.0. The summed E-state index contributed by atoms with van der Waals surface area (Å²) in [6, 6.07) is 8.59.